The van der Waals surface area contributed by atoms with E-state index in [9.17, 15) is 4.79 Å². The lowest BCUT2D eigenvalue weighted by Gasteiger charge is -2.24. The second-order valence-electron chi connectivity index (χ2n) is 3.99. The number of nitrogens with two attached hydrogens (primary N) is 1. The smallest absolute Gasteiger partial charge is 0.292 e. The van der Waals surface area contributed by atoms with Gasteiger partial charge in [0, 0.05) is 32.4 Å². The number of fused-ring (bicyclic) bond motifs is 1. The second kappa shape index (κ2) is 4.31. The molecule has 0 aliphatic carbocycles. The van der Waals surface area contributed by atoms with Crippen molar-refractivity contribution in [2.45, 2.75) is 5.79 Å². The van der Waals surface area contributed by atoms with E-state index in [-0.39, 0.29) is 10.9 Å². The van der Waals surface area contributed by atoms with Crippen molar-refractivity contribution in [2.75, 3.05) is 26.2 Å². The molecule has 18 heavy (non-hydrogen) atoms. The highest BCUT2D eigenvalue weighted by Gasteiger charge is 2.51. The summed E-state index contributed by atoms with van der Waals surface area (Å²) < 4.78 is 10.6. The Morgan fingerprint density at radius 1 is 1.39 bits per heavy atom. The third-order valence-corrected chi connectivity index (χ3v) is 3.39. The highest BCUT2D eigenvalue weighted by atomic mass is 32.1. The number of likely N-dealkylation sites (N-methyl/N-ethyl adjacent to an activating group) is 1. The zero-order valence-corrected chi connectivity index (χ0v) is 11.2. The highest BCUT2D eigenvalue weighted by Crippen LogP contribution is 2.42. The monoisotopic (exact) mass is 266 g/mol. The summed E-state index contributed by atoms with van der Waals surface area (Å²) >= 11 is 4.94. The SMILES string of the molecule is COC1(OC)C(=O)N(C)c2ccc(C(N)=S)cc21. The Morgan fingerprint density at radius 3 is 2.50 bits per heavy atom. The summed E-state index contributed by atoms with van der Waals surface area (Å²) in [7, 11) is 4.52. The molecule has 1 aliphatic heterocycles. The third kappa shape index (κ3) is 1.53. The van der Waals surface area contributed by atoms with Crippen LogP contribution in [0, 0.1) is 0 Å². The van der Waals surface area contributed by atoms with E-state index >= 15 is 0 Å². The van der Waals surface area contributed by atoms with Gasteiger partial charge in [-0.25, -0.2) is 0 Å². The minimum Gasteiger partial charge on any atom is -0.389 e. The second-order valence-corrected chi connectivity index (χ2v) is 4.43. The molecule has 1 aliphatic rings. The molecule has 0 saturated carbocycles. The van der Waals surface area contributed by atoms with Crippen molar-refractivity contribution in [2.24, 2.45) is 5.73 Å². The van der Waals surface area contributed by atoms with E-state index in [0.29, 0.717) is 11.1 Å². The van der Waals surface area contributed by atoms with E-state index < -0.39 is 5.79 Å². The number of amides is 1. The van der Waals surface area contributed by atoms with Crippen LogP contribution in [-0.4, -0.2) is 32.2 Å². The van der Waals surface area contributed by atoms with Gasteiger partial charge in [-0.3, -0.25) is 4.79 Å². The van der Waals surface area contributed by atoms with Gasteiger partial charge in [0.25, 0.3) is 11.7 Å². The molecular weight excluding hydrogens is 252 g/mol. The van der Waals surface area contributed by atoms with E-state index in [1.807, 2.05) is 0 Å². The van der Waals surface area contributed by atoms with Gasteiger partial charge in [0.1, 0.15) is 4.99 Å². The lowest BCUT2D eigenvalue weighted by molar-refractivity contribution is -0.208. The van der Waals surface area contributed by atoms with Gasteiger partial charge in [0.05, 0.1) is 5.69 Å². The van der Waals surface area contributed by atoms with Crippen molar-refractivity contribution in [1.82, 2.24) is 0 Å². The Hall–Kier alpha value is -1.50. The topological polar surface area (TPSA) is 64.8 Å². The molecule has 0 unspecified atom stereocenters. The van der Waals surface area contributed by atoms with Crippen LogP contribution in [0.4, 0.5) is 5.69 Å². The number of nitrogens with zero attached hydrogens (tertiary/aromatic N) is 1. The van der Waals surface area contributed by atoms with Crippen LogP contribution >= 0.6 is 12.2 Å². The molecule has 1 heterocycles. The van der Waals surface area contributed by atoms with Crippen LogP contribution in [0.25, 0.3) is 0 Å². The molecule has 0 radical (unpaired) electrons. The van der Waals surface area contributed by atoms with Crippen molar-refractivity contribution in [3.63, 3.8) is 0 Å². The Bertz CT molecular complexity index is 526. The van der Waals surface area contributed by atoms with Gasteiger partial charge < -0.3 is 20.1 Å². The fraction of sp³-hybridized carbons (Fsp3) is 0.333. The molecule has 2 N–H and O–H groups in total. The van der Waals surface area contributed by atoms with Gasteiger partial charge in [-0.1, -0.05) is 12.2 Å². The van der Waals surface area contributed by atoms with E-state index in [1.54, 1.807) is 25.2 Å². The molecule has 96 valence electrons. The fourth-order valence-corrected chi connectivity index (χ4v) is 2.30. The van der Waals surface area contributed by atoms with Crippen molar-refractivity contribution < 1.29 is 14.3 Å². The molecule has 0 atom stereocenters. The van der Waals surface area contributed by atoms with Crippen molar-refractivity contribution in [1.29, 1.82) is 0 Å². The lowest BCUT2D eigenvalue weighted by atomic mass is 10.0. The zero-order chi connectivity index (χ0) is 13.5. The first-order valence-electron chi connectivity index (χ1n) is 5.30. The number of methoxy groups -OCH3 is 2. The molecule has 1 amide bonds. The highest BCUT2D eigenvalue weighted by molar-refractivity contribution is 7.80. The Labute approximate surface area is 110 Å². The van der Waals surface area contributed by atoms with Gasteiger partial charge >= 0.3 is 0 Å². The summed E-state index contributed by atoms with van der Waals surface area (Å²) in [4.78, 5) is 14.0. The number of thiocarbonyl (C=S) groups is 1. The number of benzene rings is 1. The number of carbonyl (C=O) groups is 1. The molecule has 1 aromatic carbocycles. The normalized spacial score (nSPS) is 16.8. The third-order valence-electron chi connectivity index (χ3n) is 3.16. The van der Waals surface area contributed by atoms with Crippen LogP contribution in [0.15, 0.2) is 18.2 Å². The van der Waals surface area contributed by atoms with Crippen LogP contribution < -0.4 is 10.6 Å². The van der Waals surface area contributed by atoms with Crippen molar-refractivity contribution >= 4 is 28.8 Å². The van der Waals surface area contributed by atoms with Crippen molar-refractivity contribution in [3.8, 4) is 0 Å². The van der Waals surface area contributed by atoms with Crippen LogP contribution in [0.2, 0.25) is 0 Å². The van der Waals surface area contributed by atoms with Crippen LogP contribution in [0.3, 0.4) is 0 Å². The van der Waals surface area contributed by atoms with Gasteiger partial charge in [-0.05, 0) is 18.2 Å². The van der Waals surface area contributed by atoms with E-state index in [1.165, 1.54) is 19.1 Å². The molecule has 2 rings (SSSR count). The van der Waals surface area contributed by atoms with Gasteiger partial charge in [-0.2, -0.15) is 0 Å². The first-order chi connectivity index (χ1) is 8.47. The minimum absolute atomic E-state index is 0.265. The maximum Gasteiger partial charge on any atom is 0.292 e. The molecule has 0 saturated heterocycles. The number of hydrogen-bond acceptors (Lipinski definition) is 4. The number of carbonyl (C=O) groups excluding carboxylic acids is 1. The summed E-state index contributed by atoms with van der Waals surface area (Å²) in [5.74, 6) is -1.69. The lowest BCUT2D eigenvalue weighted by Crippen LogP contribution is -2.41. The molecule has 5 nitrogen and oxygen atoms in total. The standard InChI is InChI=1S/C12H14N2O3S/c1-14-9-5-4-7(10(13)18)6-8(9)12(16-2,17-3)11(14)15/h4-6H,1-3H3,(H2,13,18). The molecule has 0 spiro atoms. The molecule has 0 fully saturated rings. The average Bonchev–Trinajstić information content (AvgIpc) is 2.59. The summed E-state index contributed by atoms with van der Waals surface area (Å²) in [6.07, 6.45) is 0. The number of rotatable bonds is 3. The van der Waals surface area contributed by atoms with Gasteiger partial charge in [0.2, 0.25) is 0 Å². The van der Waals surface area contributed by atoms with Crippen molar-refractivity contribution in [3.05, 3.63) is 29.3 Å². The van der Waals surface area contributed by atoms with Crippen LogP contribution in [0.5, 0.6) is 0 Å². The number of ether oxygens (including phenoxy) is 2. The van der Waals surface area contributed by atoms with Gasteiger partial charge in [0.15, 0.2) is 0 Å². The fourth-order valence-electron chi connectivity index (χ4n) is 2.17. The Kier molecular flexibility index (Phi) is 3.10. The largest absolute Gasteiger partial charge is 0.389 e. The molecule has 0 aromatic heterocycles. The number of hydrogen-bond donors (Lipinski definition) is 1. The molecular formula is C12H14N2O3S. The molecule has 1 aromatic rings. The summed E-state index contributed by atoms with van der Waals surface area (Å²) in [6, 6.07) is 5.28. The maximum atomic E-state index is 12.2. The Balaban J connectivity index is 2.68. The Morgan fingerprint density at radius 2 is 2.00 bits per heavy atom. The summed E-state index contributed by atoms with van der Waals surface area (Å²) in [6.45, 7) is 0. The van der Waals surface area contributed by atoms with E-state index in [0.717, 1.165) is 5.69 Å². The van der Waals surface area contributed by atoms with E-state index in [4.69, 9.17) is 27.4 Å². The maximum absolute atomic E-state index is 12.2. The predicted molar refractivity (Wildman–Crippen MR) is 71.4 cm³/mol. The van der Waals surface area contributed by atoms with Gasteiger partial charge in [-0.15, -0.1) is 0 Å². The average molecular weight is 266 g/mol. The molecule has 0 bridgehead atoms. The van der Waals surface area contributed by atoms with E-state index in [2.05, 4.69) is 0 Å². The summed E-state index contributed by atoms with van der Waals surface area (Å²) in [5.41, 5.74) is 7.61. The first kappa shape index (κ1) is 12.9. The quantitative estimate of drug-likeness (QED) is 0.646. The summed E-state index contributed by atoms with van der Waals surface area (Å²) in [5, 5.41) is 0. The minimum atomic E-state index is -1.41. The zero-order valence-electron chi connectivity index (χ0n) is 10.4. The molecule has 6 heteroatoms. The first-order valence-corrected chi connectivity index (χ1v) is 5.71. The predicted octanol–water partition coefficient (Wildman–Crippen LogP) is 0.743. The number of anilines is 1. The van der Waals surface area contributed by atoms with Crippen LogP contribution in [-0.2, 0) is 20.1 Å². The van der Waals surface area contributed by atoms with Crippen LogP contribution in [0.1, 0.15) is 11.1 Å².